The Morgan fingerprint density at radius 3 is 2.67 bits per heavy atom. The van der Waals surface area contributed by atoms with Crippen molar-refractivity contribution >= 4 is 11.9 Å². The molecule has 0 aromatic heterocycles. The number of carbonyl (C=O) groups excluding carboxylic acids is 1. The van der Waals surface area contributed by atoms with Gasteiger partial charge in [-0.25, -0.2) is 13.6 Å². The van der Waals surface area contributed by atoms with Crippen molar-refractivity contribution in [1.29, 1.82) is 0 Å². The third-order valence-corrected chi connectivity index (χ3v) is 4.21. The molecule has 1 amide bonds. The monoisotopic (exact) mass is 297 g/mol. The summed E-state index contributed by atoms with van der Waals surface area (Å²) in [6, 6.07) is 3.25. The summed E-state index contributed by atoms with van der Waals surface area (Å²) in [6.07, 6.45) is 2.51. The first-order valence-electron chi connectivity index (χ1n) is 6.88. The van der Waals surface area contributed by atoms with Crippen LogP contribution in [0.3, 0.4) is 0 Å². The van der Waals surface area contributed by atoms with Crippen LogP contribution in [-0.2, 0) is 4.79 Å². The Kier molecular flexibility index (Phi) is 4.25. The number of rotatable bonds is 3. The fraction of sp³-hybridized carbons (Fsp3) is 0.467. The first-order valence-corrected chi connectivity index (χ1v) is 6.88. The highest BCUT2D eigenvalue weighted by molar-refractivity contribution is 5.98. The molecule has 4 nitrogen and oxygen atoms in total. The molecule has 21 heavy (non-hydrogen) atoms. The van der Waals surface area contributed by atoms with Gasteiger partial charge in [-0.15, -0.1) is 0 Å². The molecule has 0 bridgehead atoms. The largest absolute Gasteiger partial charge is 0.479 e. The number of carboxylic acid groups (broad SMARTS) is 1. The topological polar surface area (TPSA) is 66.4 Å². The fourth-order valence-corrected chi connectivity index (χ4v) is 2.85. The molecule has 0 aliphatic heterocycles. The van der Waals surface area contributed by atoms with E-state index in [4.69, 9.17) is 0 Å². The number of halogens is 2. The highest BCUT2D eigenvalue weighted by atomic mass is 19.2. The van der Waals surface area contributed by atoms with Gasteiger partial charge in [0.2, 0.25) is 0 Å². The van der Waals surface area contributed by atoms with Crippen molar-refractivity contribution in [2.24, 2.45) is 5.92 Å². The van der Waals surface area contributed by atoms with Crippen LogP contribution in [0.5, 0.6) is 0 Å². The Morgan fingerprint density at radius 2 is 2.05 bits per heavy atom. The lowest BCUT2D eigenvalue weighted by Crippen LogP contribution is -2.60. The normalized spacial score (nSPS) is 25.4. The Balaban J connectivity index is 2.31. The molecular formula is C15H17F2NO3. The Bertz CT molecular complexity index is 576. The van der Waals surface area contributed by atoms with Crippen LogP contribution < -0.4 is 5.32 Å². The zero-order valence-corrected chi connectivity index (χ0v) is 11.7. The van der Waals surface area contributed by atoms with Crippen molar-refractivity contribution in [2.45, 2.75) is 38.1 Å². The summed E-state index contributed by atoms with van der Waals surface area (Å²) >= 11 is 0. The maximum atomic E-state index is 13.6. The van der Waals surface area contributed by atoms with Gasteiger partial charge >= 0.3 is 5.97 Å². The highest BCUT2D eigenvalue weighted by Crippen LogP contribution is 2.34. The van der Waals surface area contributed by atoms with E-state index in [-0.39, 0.29) is 12.3 Å². The van der Waals surface area contributed by atoms with E-state index in [1.807, 2.05) is 0 Å². The van der Waals surface area contributed by atoms with Gasteiger partial charge in [0.25, 0.3) is 5.91 Å². The van der Waals surface area contributed by atoms with E-state index in [2.05, 4.69) is 5.32 Å². The van der Waals surface area contributed by atoms with Crippen molar-refractivity contribution in [3.63, 3.8) is 0 Å². The third kappa shape index (κ3) is 2.75. The molecule has 114 valence electrons. The van der Waals surface area contributed by atoms with Crippen LogP contribution in [-0.4, -0.2) is 22.5 Å². The van der Waals surface area contributed by atoms with Crippen molar-refractivity contribution in [1.82, 2.24) is 5.32 Å². The molecule has 1 aliphatic rings. The number of nitrogens with one attached hydrogen (secondary N) is 1. The van der Waals surface area contributed by atoms with Crippen molar-refractivity contribution in [2.75, 3.05) is 0 Å². The maximum Gasteiger partial charge on any atom is 0.329 e. The standard InChI is InChI=1S/C15H17F2NO3/c1-9-5-2-3-8-15(9,14(20)21)18-13(19)10-6-4-7-11(16)12(10)17/h4,6-7,9H,2-3,5,8H2,1H3,(H,18,19)(H,20,21). The molecular weight excluding hydrogens is 280 g/mol. The second kappa shape index (κ2) is 5.79. The van der Waals surface area contributed by atoms with Gasteiger partial charge in [-0.05, 0) is 30.9 Å². The van der Waals surface area contributed by atoms with Crippen LogP contribution in [0.4, 0.5) is 8.78 Å². The summed E-state index contributed by atoms with van der Waals surface area (Å²) in [5.41, 5.74) is -1.90. The van der Waals surface area contributed by atoms with Crippen LogP contribution in [0.2, 0.25) is 0 Å². The van der Waals surface area contributed by atoms with Crippen LogP contribution in [0.25, 0.3) is 0 Å². The smallest absolute Gasteiger partial charge is 0.329 e. The van der Waals surface area contributed by atoms with E-state index < -0.39 is 34.6 Å². The molecule has 1 aromatic carbocycles. The minimum Gasteiger partial charge on any atom is -0.479 e. The molecule has 2 rings (SSSR count). The predicted octanol–water partition coefficient (Wildman–Crippen LogP) is 2.73. The minimum atomic E-state index is -1.42. The van der Waals surface area contributed by atoms with Crippen LogP contribution in [0.1, 0.15) is 43.0 Å². The van der Waals surface area contributed by atoms with Crippen LogP contribution >= 0.6 is 0 Å². The molecule has 2 atom stereocenters. The van der Waals surface area contributed by atoms with Crippen molar-refractivity contribution in [3.05, 3.63) is 35.4 Å². The van der Waals surface area contributed by atoms with Crippen LogP contribution in [0, 0.1) is 17.6 Å². The highest BCUT2D eigenvalue weighted by Gasteiger charge is 2.46. The van der Waals surface area contributed by atoms with Gasteiger partial charge < -0.3 is 10.4 Å². The molecule has 0 radical (unpaired) electrons. The van der Waals surface area contributed by atoms with Crippen molar-refractivity contribution < 1.29 is 23.5 Å². The Hall–Kier alpha value is -1.98. The maximum absolute atomic E-state index is 13.6. The van der Waals surface area contributed by atoms with Gasteiger partial charge in [-0.1, -0.05) is 25.8 Å². The molecule has 0 heterocycles. The summed E-state index contributed by atoms with van der Waals surface area (Å²) in [7, 11) is 0. The molecule has 1 saturated carbocycles. The molecule has 2 N–H and O–H groups in total. The van der Waals surface area contributed by atoms with E-state index in [9.17, 15) is 23.5 Å². The summed E-state index contributed by atoms with van der Waals surface area (Å²) in [5, 5.41) is 11.9. The van der Waals surface area contributed by atoms with E-state index in [0.29, 0.717) is 12.8 Å². The van der Waals surface area contributed by atoms with Gasteiger partial charge in [0.15, 0.2) is 11.6 Å². The molecule has 2 unspecified atom stereocenters. The molecule has 1 aliphatic carbocycles. The van der Waals surface area contributed by atoms with E-state index in [1.54, 1.807) is 6.92 Å². The third-order valence-electron chi connectivity index (χ3n) is 4.21. The summed E-state index contributed by atoms with van der Waals surface area (Å²) < 4.78 is 26.8. The first-order chi connectivity index (χ1) is 9.88. The number of aliphatic carboxylic acids is 1. The lowest BCUT2D eigenvalue weighted by molar-refractivity contribution is -0.148. The number of carboxylic acids is 1. The lowest BCUT2D eigenvalue weighted by atomic mass is 9.73. The van der Waals surface area contributed by atoms with E-state index >= 15 is 0 Å². The van der Waals surface area contributed by atoms with E-state index in [0.717, 1.165) is 18.6 Å². The quantitative estimate of drug-likeness (QED) is 0.901. The van der Waals surface area contributed by atoms with Gasteiger partial charge in [0.05, 0.1) is 5.56 Å². The second-order valence-electron chi connectivity index (χ2n) is 5.48. The summed E-state index contributed by atoms with van der Waals surface area (Å²) in [5.74, 6) is -4.71. The molecule has 6 heteroatoms. The fourth-order valence-electron chi connectivity index (χ4n) is 2.85. The van der Waals surface area contributed by atoms with Gasteiger partial charge in [0, 0.05) is 0 Å². The Labute approximate surface area is 121 Å². The van der Waals surface area contributed by atoms with Gasteiger partial charge in [0.1, 0.15) is 5.54 Å². The molecule has 0 spiro atoms. The second-order valence-corrected chi connectivity index (χ2v) is 5.48. The molecule has 1 aromatic rings. The predicted molar refractivity (Wildman–Crippen MR) is 71.8 cm³/mol. The number of amides is 1. The summed E-state index contributed by atoms with van der Waals surface area (Å²) in [4.78, 5) is 23.8. The number of benzene rings is 1. The SMILES string of the molecule is CC1CCCCC1(NC(=O)c1cccc(F)c1F)C(=O)O. The molecule has 1 fully saturated rings. The minimum absolute atomic E-state index is 0.274. The summed E-state index contributed by atoms with van der Waals surface area (Å²) in [6.45, 7) is 1.75. The Morgan fingerprint density at radius 1 is 1.33 bits per heavy atom. The van der Waals surface area contributed by atoms with E-state index in [1.165, 1.54) is 6.07 Å². The number of hydrogen-bond acceptors (Lipinski definition) is 2. The van der Waals surface area contributed by atoms with Gasteiger partial charge in [-0.3, -0.25) is 4.79 Å². The zero-order valence-electron chi connectivity index (χ0n) is 11.7. The number of carbonyl (C=O) groups is 2. The number of hydrogen-bond donors (Lipinski definition) is 2. The average molecular weight is 297 g/mol. The first kappa shape index (κ1) is 15.4. The van der Waals surface area contributed by atoms with Crippen molar-refractivity contribution in [3.8, 4) is 0 Å². The average Bonchev–Trinajstić information content (AvgIpc) is 2.44. The van der Waals surface area contributed by atoms with Gasteiger partial charge in [-0.2, -0.15) is 0 Å². The van der Waals surface area contributed by atoms with Crippen LogP contribution in [0.15, 0.2) is 18.2 Å². The zero-order chi connectivity index (χ0) is 15.6. The lowest BCUT2D eigenvalue weighted by Gasteiger charge is -2.39. The molecule has 0 saturated heterocycles.